The second-order valence-electron chi connectivity index (χ2n) is 4.18. The predicted molar refractivity (Wildman–Crippen MR) is 63.0 cm³/mol. The highest BCUT2D eigenvalue weighted by atomic mass is 15.3. The number of nitrogens with one attached hydrogen (secondary N) is 1. The van der Waals surface area contributed by atoms with E-state index in [1.165, 1.54) is 5.57 Å². The van der Waals surface area contributed by atoms with Crippen molar-refractivity contribution in [3.8, 4) is 0 Å². The Kier molecular flexibility index (Phi) is 3.69. The fraction of sp³-hybridized carbons (Fsp3) is 0.636. The molecule has 1 aliphatic rings. The zero-order chi connectivity index (χ0) is 11.4. The SMILES string of the molecule is C=C(CNCC)CN1CCn2cnnc2C1. The average Bonchev–Trinajstić information content (AvgIpc) is 2.73. The van der Waals surface area contributed by atoms with Crippen LogP contribution < -0.4 is 5.32 Å². The van der Waals surface area contributed by atoms with Gasteiger partial charge >= 0.3 is 0 Å². The number of nitrogens with zero attached hydrogens (tertiary/aromatic N) is 4. The van der Waals surface area contributed by atoms with Crippen molar-refractivity contribution < 1.29 is 0 Å². The van der Waals surface area contributed by atoms with Crippen LogP contribution >= 0.6 is 0 Å². The molecular weight excluding hydrogens is 202 g/mol. The monoisotopic (exact) mass is 221 g/mol. The molecule has 1 aromatic rings. The molecule has 0 fully saturated rings. The average molecular weight is 221 g/mol. The van der Waals surface area contributed by atoms with Crippen LogP contribution in [-0.2, 0) is 13.1 Å². The quantitative estimate of drug-likeness (QED) is 0.724. The summed E-state index contributed by atoms with van der Waals surface area (Å²) in [7, 11) is 0. The van der Waals surface area contributed by atoms with Crippen molar-refractivity contribution in [3.63, 3.8) is 0 Å². The minimum atomic E-state index is 0.880. The van der Waals surface area contributed by atoms with E-state index >= 15 is 0 Å². The van der Waals surface area contributed by atoms with E-state index in [1.54, 1.807) is 6.33 Å². The Morgan fingerprint density at radius 1 is 1.56 bits per heavy atom. The number of hydrogen-bond donors (Lipinski definition) is 1. The molecule has 1 aliphatic heterocycles. The normalized spacial score (nSPS) is 16.1. The van der Waals surface area contributed by atoms with E-state index in [-0.39, 0.29) is 0 Å². The Bertz CT molecular complexity index is 357. The molecule has 0 aliphatic carbocycles. The molecule has 1 aromatic heterocycles. The van der Waals surface area contributed by atoms with Crippen LogP contribution in [0.3, 0.4) is 0 Å². The number of rotatable bonds is 5. The molecule has 2 rings (SSSR count). The number of likely N-dealkylation sites (N-methyl/N-ethyl adjacent to an activating group) is 1. The van der Waals surface area contributed by atoms with Gasteiger partial charge in [-0.1, -0.05) is 13.5 Å². The Morgan fingerprint density at radius 2 is 2.44 bits per heavy atom. The van der Waals surface area contributed by atoms with Gasteiger partial charge in [-0.05, 0) is 12.1 Å². The van der Waals surface area contributed by atoms with Gasteiger partial charge in [0.15, 0.2) is 0 Å². The molecule has 5 nitrogen and oxygen atoms in total. The summed E-state index contributed by atoms with van der Waals surface area (Å²) in [4.78, 5) is 2.36. The Labute approximate surface area is 96.2 Å². The van der Waals surface area contributed by atoms with Gasteiger partial charge < -0.3 is 9.88 Å². The van der Waals surface area contributed by atoms with Crippen molar-refractivity contribution in [3.05, 3.63) is 24.3 Å². The third-order valence-corrected chi connectivity index (χ3v) is 2.79. The lowest BCUT2D eigenvalue weighted by molar-refractivity contribution is 0.233. The van der Waals surface area contributed by atoms with Gasteiger partial charge in [0, 0.05) is 26.2 Å². The molecule has 0 saturated heterocycles. The van der Waals surface area contributed by atoms with Crippen LogP contribution in [0.1, 0.15) is 12.7 Å². The van der Waals surface area contributed by atoms with Crippen LogP contribution in [0.25, 0.3) is 0 Å². The van der Waals surface area contributed by atoms with E-state index in [9.17, 15) is 0 Å². The summed E-state index contributed by atoms with van der Waals surface area (Å²) in [5, 5.41) is 11.3. The van der Waals surface area contributed by atoms with E-state index in [2.05, 4.69) is 38.5 Å². The second-order valence-corrected chi connectivity index (χ2v) is 4.18. The molecule has 88 valence electrons. The lowest BCUT2D eigenvalue weighted by atomic mass is 10.2. The minimum absolute atomic E-state index is 0.880. The lowest BCUT2D eigenvalue weighted by Crippen LogP contribution is -2.36. The van der Waals surface area contributed by atoms with E-state index < -0.39 is 0 Å². The number of aromatic nitrogens is 3. The molecule has 0 radical (unpaired) electrons. The van der Waals surface area contributed by atoms with Crippen molar-refractivity contribution in [1.82, 2.24) is 25.0 Å². The van der Waals surface area contributed by atoms with Gasteiger partial charge in [-0.2, -0.15) is 0 Å². The summed E-state index contributed by atoms with van der Waals surface area (Å²) >= 11 is 0. The van der Waals surface area contributed by atoms with Crippen molar-refractivity contribution in [2.24, 2.45) is 0 Å². The van der Waals surface area contributed by atoms with E-state index in [0.717, 1.165) is 45.1 Å². The zero-order valence-corrected chi connectivity index (χ0v) is 9.82. The maximum atomic E-state index is 4.10. The molecule has 16 heavy (non-hydrogen) atoms. The Hall–Kier alpha value is -1.20. The third-order valence-electron chi connectivity index (χ3n) is 2.79. The Balaban J connectivity index is 1.82. The van der Waals surface area contributed by atoms with Gasteiger partial charge in [0.05, 0.1) is 6.54 Å². The largest absolute Gasteiger partial charge is 0.315 e. The molecule has 0 bridgehead atoms. The predicted octanol–water partition coefficient (Wildman–Crippen LogP) is 0.259. The highest BCUT2D eigenvalue weighted by molar-refractivity contribution is 5.01. The fourth-order valence-corrected chi connectivity index (χ4v) is 1.93. The van der Waals surface area contributed by atoms with Gasteiger partial charge in [-0.3, -0.25) is 4.90 Å². The first kappa shape index (κ1) is 11.3. The van der Waals surface area contributed by atoms with Crippen molar-refractivity contribution in [2.75, 3.05) is 26.2 Å². The molecule has 2 heterocycles. The van der Waals surface area contributed by atoms with Crippen LogP contribution in [0.5, 0.6) is 0 Å². The molecule has 0 spiro atoms. The number of fused-ring (bicyclic) bond motifs is 1. The van der Waals surface area contributed by atoms with Crippen molar-refractivity contribution >= 4 is 0 Å². The van der Waals surface area contributed by atoms with Crippen LogP contribution in [0.15, 0.2) is 18.5 Å². The lowest BCUT2D eigenvalue weighted by Gasteiger charge is -2.27. The zero-order valence-electron chi connectivity index (χ0n) is 9.82. The molecule has 0 saturated carbocycles. The summed E-state index contributed by atoms with van der Waals surface area (Å²) in [6, 6.07) is 0. The summed E-state index contributed by atoms with van der Waals surface area (Å²) in [5.41, 5.74) is 1.23. The first-order valence-electron chi connectivity index (χ1n) is 5.76. The van der Waals surface area contributed by atoms with Crippen LogP contribution in [0.4, 0.5) is 0 Å². The number of hydrogen-bond acceptors (Lipinski definition) is 4. The van der Waals surface area contributed by atoms with Gasteiger partial charge in [0.1, 0.15) is 12.2 Å². The van der Waals surface area contributed by atoms with E-state index in [4.69, 9.17) is 0 Å². The summed E-state index contributed by atoms with van der Waals surface area (Å²) in [5.74, 6) is 1.06. The van der Waals surface area contributed by atoms with Gasteiger partial charge in [0.25, 0.3) is 0 Å². The molecule has 0 aromatic carbocycles. The second kappa shape index (κ2) is 5.23. The molecule has 0 unspecified atom stereocenters. The van der Waals surface area contributed by atoms with Gasteiger partial charge in [-0.15, -0.1) is 10.2 Å². The van der Waals surface area contributed by atoms with Crippen molar-refractivity contribution in [2.45, 2.75) is 20.0 Å². The smallest absolute Gasteiger partial charge is 0.147 e. The van der Waals surface area contributed by atoms with E-state index in [1.807, 2.05) is 0 Å². The standard InChI is InChI=1S/C11H19N5/c1-3-12-6-10(2)7-15-4-5-16-9-13-14-11(16)8-15/h9,12H,2-8H2,1H3. The maximum absolute atomic E-state index is 4.10. The fourth-order valence-electron chi connectivity index (χ4n) is 1.93. The van der Waals surface area contributed by atoms with Gasteiger partial charge in [-0.25, -0.2) is 0 Å². The van der Waals surface area contributed by atoms with E-state index in [0.29, 0.717) is 0 Å². The minimum Gasteiger partial charge on any atom is -0.315 e. The van der Waals surface area contributed by atoms with Crippen molar-refractivity contribution in [1.29, 1.82) is 0 Å². The summed E-state index contributed by atoms with van der Waals surface area (Å²) < 4.78 is 2.11. The molecule has 5 heteroatoms. The third kappa shape index (κ3) is 2.68. The Morgan fingerprint density at radius 3 is 3.25 bits per heavy atom. The molecule has 1 N–H and O–H groups in total. The van der Waals surface area contributed by atoms with Crippen LogP contribution in [0, 0.1) is 0 Å². The molecule has 0 amide bonds. The molecular formula is C11H19N5. The maximum Gasteiger partial charge on any atom is 0.147 e. The highest BCUT2D eigenvalue weighted by Gasteiger charge is 2.17. The first-order chi connectivity index (χ1) is 7.79. The molecule has 0 atom stereocenters. The summed E-state index contributed by atoms with van der Waals surface area (Å²) in [6.07, 6.45) is 1.81. The van der Waals surface area contributed by atoms with Crippen LogP contribution in [-0.4, -0.2) is 45.8 Å². The summed E-state index contributed by atoms with van der Waals surface area (Å²) in [6.45, 7) is 11.9. The first-order valence-corrected chi connectivity index (χ1v) is 5.76. The topological polar surface area (TPSA) is 46.0 Å². The van der Waals surface area contributed by atoms with Gasteiger partial charge in [0.2, 0.25) is 0 Å². The highest BCUT2D eigenvalue weighted by Crippen LogP contribution is 2.09. The van der Waals surface area contributed by atoms with Crippen LogP contribution in [0.2, 0.25) is 0 Å².